The average molecular weight is 336 g/mol. The summed E-state index contributed by atoms with van der Waals surface area (Å²) in [4.78, 5) is 16.2. The molecule has 0 fully saturated rings. The topological polar surface area (TPSA) is 77.8 Å². The third-order valence-corrected chi connectivity index (χ3v) is 4.02. The van der Waals surface area contributed by atoms with Gasteiger partial charge in [-0.3, -0.25) is 9.78 Å². The molecule has 22 heavy (non-hydrogen) atoms. The van der Waals surface area contributed by atoms with Crippen LogP contribution in [0.25, 0.3) is 0 Å². The van der Waals surface area contributed by atoms with Crippen molar-refractivity contribution in [2.75, 3.05) is 11.1 Å². The van der Waals surface area contributed by atoms with E-state index in [-0.39, 0.29) is 5.91 Å². The molecule has 118 valence electrons. The van der Waals surface area contributed by atoms with E-state index in [1.165, 1.54) is 11.8 Å². The zero-order valence-corrected chi connectivity index (χ0v) is 14.6. The number of pyridine rings is 1. The van der Waals surface area contributed by atoms with Crippen molar-refractivity contribution in [1.82, 2.24) is 10.3 Å². The van der Waals surface area contributed by atoms with Gasteiger partial charge >= 0.3 is 0 Å². The van der Waals surface area contributed by atoms with Crippen LogP contribution in [0.4, 0.5) is 5.69 Å². The van der Waals surface area contributed by atoms with Crippen molar-refractivity contribution in [1.29, 1.82) is 5.26 Å². The smallest absolute Gasteiger partial charge is 0.229 e. The van der Waals surface area contributed by atoms with Crippen molar-refractivity contribution in [2.24, 2.45) is 5.41 Å². The summed E-state index contributed by atoms with van der Waals surface area (Å²) in [5.41, 5.74) is 1.13. The fourth-order valence-electron chi connectivity index (χ4n) is 1.41. The molecule has 0 saturated heterocycles. The molecule has 0 bridgehead atoms. The summed E-state index contributed by atoms with van der Waals surface area (Å²) in [6.07, 6.45) is 3.81. The molecule has 0 atom stereocenters. The van der Waals surface area contributed by atoms with Crippen molar-refractivity contribution in [3.05, 3.63) is 24.0 Å². The molecular weight excluding hydrogens is 316 g/mol. The van der Waals surface area contributed by atoms with Crippen LogP contribution < -0.4 is 10.6 Å². The number of hydrogen-bond donors (Lipinski definition) is 2. The Morgan fingerprint density at radius 2 is 2.23 bits per heavy atom. The van der Waals surface area contributed by atoms with Crippen molar-refractivity contribution in [2.45, 2.75) is 33.7 Å². The van der Waals surface area contributed by atoms with E-state index in [1.54, 1.807) is 18.5 Å². The first-order valence-corrected chi connectivity index (χ1v) is 8.26. The summed E-state index contributed by atoms with van der Waals surface area (Å²) < 4.78 is 0.632. The third-order valence-electron chi connectivity index (χ3n) is 2.70. The molecule has 0 aliphatic heterocycles. The highest BCUT2D eigenvalue weighted by Gasteiger charge is 2.21. The second-order valence-corrected chi connectivity index (χ2v) is 7.41. The largest absolute Gasteiger partial charge is 0.367 e. The van der Waals surface area contributed by atoms with E-state index in [2.05, 4.69) is 21.7 Å². The zero-order valence-electron chi connectivity index (χ0n) is 13.0. The fraction of sp³-hybridized carbons (Fsp3) is 0.467. The van der Waals surface area contributed by atoms with Crippen LogP contribution in [0.15, 0.2) is 18.5 Å². The summed E-state index contributed by atoms with van der Waals surface area (Å²) in [7, 11) is 0. The predicted molar refractivity (Wildman–Crippen MR) is 94.4 cm³/mol. The van der Waals surface area contributed by atoms with E-state index in [0.29, 0.717) is 23.0 Å². The number of hydrogen-bond acceptors (Lipinski definition) is 5. The molecule has 7 heteroatoms. The van der Waals surface area contributed by atoms with Crippen LogP contribution in [0.1, 0.15) is 32.8 Å². The van der Waals surface area contributed by atoms with Gasteiger partial charge < -0.3 is 10.6 Å². The SMILES string of the molecule is CC(C)(C)C(=O)Nc1ccncc1CNC(=S)SCCC#N. The average Bonchev–Trinajstić information content (AvgIpc) is 2.45. The van der Waals surface area contributed by atoms with Gasteiger partial charge in [0.25, 0.3) is 0 Å². The number of amides is 1. The van der Waals surface area contributed by atoms with Gasteiger partial charge in [-0.25, -0.2) is 0 Å². The van der Waals surface area contributed by atoms with Crippen LogP contribution in [0.3, 0.4) is 0 Å². The van der Waals surface area contributed by atoms with Gasteiger partial charge in [-0.2, -0.15) is 5.26 Å². The molecule has 5 nitrogen and oxygen atoms in total. The lowest BCUT2D eigenvalue weighted by molar-refractivity contribution is -0.123. The number of nitriles is 1. The lowest BCUT2D eigenvalue weighted by Gasteiger charge is -2.19. The summed E-state index contributed by atoms with van der Waals surface area (Å²) in [6, 6.07) is 3.85. The maximum absolute atomic E-state index is 12.1. The van der Waals surface area contributed by atoms with E-state index in [0.717, 1.165) is 11.3 Å². The van der Waals surface area contributed by atoms with Crippen LogP contribution in [0.5, 0.6) is 0 Å². The Hall–Kier alpha value is -1.65. The Labute approximate surface area is 140 Å². The summed E-state index contributed by atoms with van der Waals surface area (Å²) in [6.45, 7) is 6.07. The first-order chi connectivity index (χ1) is 10.3. The molecule has 0 saturated carbocycles. The summed E-state index contributed by atoms with van der Waals surface area (Å²) >= 11 is 6.63. The van der Waals surface area contributed by atoms with Gasteiger partial charge in [0.2, 0.25) is 5.91 Å². The van der Waals surface area contributed by atoms with E-state index >= 15 is 0 Å². The minimum absolute atomic E-state index is 0.0501. The number of nitrogens with one attached hydrogen (secondary N) is 2. The van der Waals surface area contributed by atoms with E-state index in [9.17, 15) is 4.79 Å². The molecule has 0 spiro atoms. The monoisotopic (exact) mass is 336 g/mol. The van der Waals surface area contributed by atoms with Crippen LogP contribution in [0.2, 0.25) is 0 Å². The van der Waals surface area contributed by atoms with Gasteiger partial charge in [-0.15, -0.1) is 0 Å². The highest BCUT2D eigenvalue weighted by Crippen LogP contribution is 2.20. The molecular formula is C15H20N4OS2. The molecule has 1 aromatic heterocycles. The Balaban J connectivity index is 2.63. The number of thiocarbonyl (C=S) groups is 1. The quantitative estimate of drug-likeness (QED) is 0.635. The lowest BCUT2D eigenvalue weighted by atomic mass is 9.95. The standard InChI is InChI=1S/C15H20N4OS2/c1-15(2,3)13(20)19-12-5-7-17-9-11(12)10-18-14(21)22-8-4-6-16/h5,7,9H,4,8,10H2,1-3H3,(H,18,21)(H,17,19,20). The number of anilines is 1. The van der Waals surface area contributed by atoms with Gasteiger partial charge in [0.1, 0.15) is 4.32 Å². The highest BCUT2D eigenvalue weighted by molar-refractivity contribution is 8.22. The Kier molecular flexibility index (Phi) is 7.28. The molecule has 1 amide bonds. The molecule has 0 unspecified atom stereocenters. The van der Waals surface area contributed by atoms with Gasteiger partial charge in [0.05, 0.1) is 6.07 Å². The molecule has 0 radical (unpaired) electrons. The minimum Gasteiger partial charge on any atom is -0.367 e. The lowest BCUT2D eigenvalue weighted by Crippen LogP contribution is -2.28. The number of carbonyl (C=O) groups excluding carboxylic acids is 1. The second-order valence-electron chi connectivity index (χ2n) is 5.63. The number of aromatic nitrogens is 1. The Morgan fingerprint density at radius 3 is 2.86 bits per heavy atom. The maximum atomic E-state index is 12.1. The molecule has 0 aliphatic rings. The van der Waals surface area contributed by atoms with Crippen molar-refractivity contribution in [3.63, 3.8) is 0 Å². The zero-order chi connectivity index (χ0) is 16.6. The molecule has 1 heterocycles. The van der Waals surface area contributed by atoms with Crippen LogP contribution in [-0.4, -0.2) is 21.0 Å². The first-order valence-electron chi connectivity index (χ1n) is 6.86. The number of thioether (sulfide) groups is 1. The van der Waals surface area contributed by atoms with E-state index in [4.69, 9.17) is 17.5 Å². The third kappa shape index (κ3) is 6.41. The molecule has 1 rings (SSSR count). The maximum Gasteiger partial charge on any atom is 0.229 e. The minimum atomic E-state index is -0.462. The predicted octanol–water partition coefficient (Wildman–Crippen LogP) is 3.09. The number of nitrogens with zero attached hydrogens (tertiary/aromatic N) is 2. The van der Waals surface area contributed by atoms with Gasteiger partial charge in [-0.05, 0) is 6.07 Å². The van der Waals surface area contributed by atoms with Crippen molar-refractivity contribution in [3.8, 4) is 6.07 Å². The number of carbonyl (C=O) groups is 1. The van der Waals surface area contributed by atoms with Crippen LogP contribution in [-0.2, 0) is 11.3 Å². The van der Waals surface area contributed by atoms with Gasteiger partial charge in [0, 0.05) is 47.8 Å². The van der Waals surface area contributed by atoms with E-state index in [1.807, 2.05) is 20.8 Å². The van der Waals surface area contributed by atoms with E-state index < -0.39 is 5.41 Å². The fourth-order valence-corrected chi connectivity index (χ4v) is 2.28. The van der Waals surface area contributed by atoms with Crippen LogP contribution in [0, 0.1) is 16.7 Å². The van der Waals surface area contributed by atoms with Crippen molar-refractivity contribution >= 4 is 39.9 Å². The first kappa shape index (κ1) is 18.4. The highest BCUT2D eigenvalue weighted by atomic mass is 32.2. The summed E-state index contributed by atoms with van der Waals surface area (Å²) in [5.74, 6) is 0.620. The van der Waals surface area contributed by atoms with Gasteiger partial charge in [-0.1, -0.05) is 44.8 Å². The second kappa shape index (κ2) is 8.71. The molecule has 2 N–H and O–H groups in total. The molecule has 0 aliphatic carbocycles. The Bertz CT molecular complexity index is 576. The number of rotatable bonds is 5. The Morgan fingerprint density at radius 1 is 1.50 bits per heavy atom. The summed E-state index contributed by atoms with van der Waals surface area (Å²) in [5, 5.41) is 14.5. The molecule has 1 aromatic rings. The van der Waals surface area contributed by atoms with Crippen LogP contribution >= 0.6 is 24.0 Å². The van der Waals surface area contributed by atoms with Gasteiger partial charge in [0.15, 0.2) is 0 Å². The molecule has 0 aromatic carbocycles. The normalized spacial score (nSPS) is 10.6. The van der Waals surface area contributed by atoms with Crippen molar-refractivity contribution < 1.29 is 4.79 Å².